The number of nitrogens with one attached hydrogen (secondary N) is 1. The van der Waals surface area contributed by atoms with E-state index in [4.69, 9.17) is 0 Å². The van der Waals surface area contributed by atoms with Crippen molar-refractivity contribution in [2.45, 2.75) is 30.0 Å². The lowest BCUT2D eigenvalue weighted by Gasteiger charge is -2.28. The maximum atomic E-state index is 12.8. The first-order valence-corrected chi connectivity index (χ1v) is 11.8. The lowest BCUT2D eigenvalue weighted by molar-refractivity contribution is -0.116. The molecular weight excluding hydrogens is 404 g/mol. The average Bonchev–Trinajstić information content (AvgIpc) is 3.28. The molecule has 1 aliphatic rings. The second-order valence-corrected chi connectivity index (χ2v) is 10.2. The molecule has 4 rings (SSSR count). The van der Waals surface area contributed by atoms with Crippen LogP contribution in [0.4, 0.5) is 5.69 Å². The lowest BCUT2D eigenvalue weighted by Crippen LogP contribution is -2.35. The molecule has 7 heteroatoms. The number of amides is 1. The Hall–Kier alpha value is -2.48. The fourth-order valence-electron chi connectivity index (χ4n) is 3.48. The Labute approximate surface area is 175 Å². The summed E-state index contributed by atoms with van der Waals surface area (Å²) in [6, 6.07) is 19.1. The summed E-state index contributed by atoms with van der Waals surface area (Å²) in [4.78, 5) is 12.3. The van der Waals surface area contributed by atoms with Gasteiger partial charge in [0.15, 0.2) is 0 Å². The van der Waals surface area contributed by atoms with Crippen LogP contribution < -0.4 is 5.32 Å². The Morgan fingerprint density at radius 2 is 1.86 bits per heavy atom. The standard InChI is InChI=1S/C22H22N2O3S2/c25-21(11-8-17-5-2-1-3-6-17)23-20-10-9-18-12-13-24(16-19(18)15-20)29(26,27)22-7-4-14-28-22/h1-7,9-10,14-15H,8,11-13,16H2,(H,23,25). The van der Waals surface area contributed by atoms with Crippen molar-refractivity contribution in [3.05, 3.63) is 82.7 Å². The van der Waals surface area contributed by atoms with Gasteiger partial charge < -0.3 is 5.32 Å². The zero-order valence-corrected chi connectivity index (χ0v) is 17.5. The Kier molecular flexibility index (Phi) is 5.80. The molecule has 0 saturated carbocycles. The third-order valence-electron chi connectivity index (χ3n) is 5.04. The highest BCUT2D eigenvalue weighted by atomic mass is 32.2. The van der Waals surface area contributed by atoms with Gasteiger partial charge in [0.1, 0.15) is 4.21 Å². The maximum Gasteiger partial charge on any atom is 0.252 e. The van der Waals surface area contributed by atoms with Crippen LogP contribution in [0.3, 0.4) is 0 Å². The molecule has 0 radical (unpaired) electrons. The molecule has 5 nitrogen and oxygen atoms in total. The zero-order chi connectivity index (χ0) is 20.3. The number of hydrogen-bond donors (Lipinski definition) is 1. The quantitative estimate of drug-likeness (QED) is 0.646. The summed E-state index contributed by atoms with van der Waals surface area (Å²) in [7, 11) is -3.47. The van der Waals surface area contributed by atoms with E-state index in [1.165, 1.54) is 15.6 Å². The fraction of sp³-hybridized carbons (Fsp3) is 0.227. The largest absolute Gasteiger partial charge is 0.326 e. The molecule has 1 aromatic heterocycles. The third kappa shape index (κ3) is 4.58. The van der Waals surface area contributed by atoms with Crippen molar-refractivity contribution >= 4 is 33.0 Å². The first-order chi connectivity index (χ1) is 14.0. The average molecular weight is 427 g/mol. The predicted molar refractivity (Wildman–Crippen MR) is 115 cm³/mol. The van der Waals surface area contributed by atoms with E-state index in [9.17, 15) is 13.2 Å². The maximum absolute atomic E-state index is 12.8. The summed E-state index contributed by atoms with van der Waals surface area (Å²) in [6.45, 7) is 0.791. The normalized spacial score (nSPS) is 14.3. The highest BCUT2D eigenvalue weighted by molar-refractivity contribution is 7.91. The minimum atomic E-state index is -3.47. The van der Waals surface area contributed by atoms with E-state index < -0.39 is 10.0 Å². The molecular formula is C22H22N2O3S2. The molecule has 1 aliphatic heterocycles. The molecule has 0 bridgehead atoms. The molecule has 0 atom stereocenters. The van der Waals surface area contributed by atoms with Gasteiger partial charge in [-0.1, -0.05) is 42.5 Å². The second kappa shape index (κ2) is 8.49. The van der Waals surface area contributed by atoms with E-state index in [1.807, 2.05) is 48.5 Å². The molecule has 150 valence electrons. The Morgan fingerprint density at radius 3 is 2.62 bits per heavy atom. The SMILES string of the molecule is O=C(CCc1ccccc1)Nc1ccc2c(c1)CN(S(=O)(=O)c1cccs1)CC2. The van der Waals surface area contributed by atoms with Crippen LogP contribution in [0.25, 0.3) is 0 Å². The molecule has 0 spiro atoms. The van der Waals surface area contributed by atoms with Crippen molar-refractivity contribution < 1.29 is 13.2 Å². The molecule has 3 aromatic rings. The van der Waals surface area contributed by atoms with Crippen molar-refractivity contribution in [3.8, 4) is 0 Å². The van der Waals surface area contributed by atoms with Gasteiger partial charge in [0.25, 0.3) is 10.0 Å². The molecule has 29 heavy (non-hydrogen) atoms. The lowest BCUT2D eigenvalue weighted by atomic mass is 10.0. The number of benzene rings is 2. The number of aryl methyl sites for hydroxylation is 1. The van der Waals surface area contributed by atoms with E-state index in [0.29, 0.717) is 42.2 Å². The molecule has 0 fully saturated rings. The minimum Gasteiger partial charge on any atom is -0.326 e. The third-order valence-corrected chi connectivity index (χ3v) is 8.26. The van der Waals surface area contributed by atoms with E-state index in [-0.39, 0.29) is 5.91 Å². The van der Waals surface area contributed by atoms with Crippen LogP contribution in [0, 0.1) is 0 Å². The van der Waals surface area contributed by atoms with Gasteiger partial charge in [0.05, 0.1) is 0 Å². The van der Waals surface area contributed by atoms with Crippen molar-refractivity contribution in [3.63, 3.8) is 0 Å². The van der Waals surface area contributed by atoms with Crippen molar-refractivity contribution in [1.82, 2.24) is 4.31 Å². The number of nitrogens with zero attached hydrogens (tertiary/aromatic N) is 1. The summed E-state index contributed by atoms with van der Waals surface area (Å²) in [5.74, 6) is -0.0484. The van der Waals surface area contributed by atoms with Crippen LogP contribution in [0.1, 0.15) is 23.1 Å². The number of carbonyl (C=O) groups is 1. The fourth-order valence-corrected chi connectivity index (χ4v) is 6.04. The van der Waals surface area contributed by atoms with Gasteiger partial charge in [-0.25, -0.2) is 8.42 Å². The Morgan fingerprint density at radius 1 is 1.03 bits per heavy atom. The van der Waals surface area contributed by atoms with Gasteiger partial charge in [-0.3, -0.25) is 4.79 Å². The van der Waals surface area contributed by atoms with Crippen LogP contribution in [0.2, 0.25) is 0 Å². The van der Waals surface area contributed by atoms with Gasteiger partial charge in [0, 0.05) is 25.2 Å². The second-order valence-electron chi connectivity index (χ2n) is 7.04. The summed E-state index contributed by atoms with van der Waals surface area (Å²) in [6.07, 6.45) is 1.76. The smallest absolute Gasteiger partial charge is 0.252 e. The number of sulfonamides is 1. The highest BCUT2D eigenvalue weighted by Crippen LogP contribution is 2.28. The minimum absolute atomic E-state index is 0.0484. The van der Waals surface area contributed by atoms with Gasteiger partial charge in [-0.2, -0.15) is 4.31 Å². The summed E-state index contributed by atoms with van der Waals surface area (Å²) < 4.78 is 27.5. The number of anilines is 1. The topological polar surface area (TPSA) is 66.5 Å². The number of carbonyl (C=O) groups excluding carboxylic acids is 1. The Bertz CT molecular complexity index is 1090. The van der Waals surface area contributed by atoms with Gasteiger partial charge in [-0.15, -0.1) is 11.3 Å². The predicted octanol–water partition coefficient (Wildman–Crippen LogP) is 4.07. The van der Waals surface area contributed by atoms with Gasteiger partial charge in [-0.05, 0) is 53.1 Å². The summed E-state index contributed by atoms with van der Waals surface area (Å²) in [5, 5.41) is 4.71. The van der Waals surface area contributed by atoms with Gasteiger partial charge in [0.2, 0.25) is 5.91 Å². The molecule has 2 heterocycles. The number of hydrogen-bond acceptors (Lipinski definition) is 4. The highest BCUT2D eigenvalue weighted by Gasteiger charge is 2.29. The van der Waals surface area contributed by atoms with E-state index in [1.54, 1.807) is 17.5 Å². The molecule has 1 N–H and O–H groups in total. The van der Waals surface area contributed by atoms with Crippen LogP contribution in [-0.4, -0.2) is 25.2 Å². The first-order valence-electron chi connectivity index (χ1n) is 9.51. The first kappa shape index (κ1) is 19.8. The number of rotatable bonds is 6. The van der Waals surface area contributed by atoms with Gasteiger partial charge >= 0.3 is 0 Å². The van der Waals surface area contributed by atoms with Crippen LogP contribution in [-0.2, 0) is 34.2 Å². The van der Waals surface area contributed by atoms with Crippen LogP contribution in [0.15, 0.2) is 70.3 Å². The van der Waals surface area contributed by atoms with Crippen molar-refractivity contribution in [2.75, 3.05) is 11.9 Å². The molecule has 0 aliphatic carbocycles. The van der Waals surface area contributed by atoms with Crippen LogP contribution in [0.5, 0.6) is 0 Å². The zero-order valence-electron chi connectivity index (χ0n) is 15.9. The summed E-state index contributed by atoms with van der Waals surface area (Å²) >= 11 is 1.23. The molecule has 1 amide bonds. The molecule has 0 unspecified atom stereocenters. The molecule has 0 saturated heterocycles. The molecule has 2 aromatic carbocycles. The number of fused-ring (bicyclic) bond motifs is 1. The van der Waals surface area contributed by atoms with Crippen LogP contribution >= 0.6 is 11.3 Å². The van der Waals surface area contributed by atoms with E-state index >= 15 is 0 Å². The monoisotopic (exact) mass is 426 g/mol. The van der Waals surface area contributed by atoms with Crippen molar-refractivity contribution in [2.24, 2.45) is 0 Å². The summed E-state index contributed by atoms with van der Waals surface area (Å²) in [5.41, 5.74) is 3.90. The van der Waals surface area contributed by atoms with E-state index in [0.717, 1.165) is 16.7 Å². The van der Waals surface area contributed by atoms with E-state index in [2.05, 4.69) is 5.32 Å². The number of thiophene rings is 1. The van der Waals surface area contributed by atoms with Crippen molar-refractivity contribution in [1.29, 1.82) is 0 Å². The Balaban J connectivity index is 1.43.